The molecule has 1 amide bonds. The van der Waals surface area contributed by atoms with Crippen LogP contribution < -0.4 is 14.8 Å². The number of aromatic nitrogens is 2. The summed E-state index contributed by atoms with van der Waals surface area (Å²) in [6.45, 7) is 6.51. The van der Waals surface area contributed by atoms with Gasteiger partial charge >= 0.3 is 0 Å². The molecule has 0 aliphatic heterocycles. The van der Waals surface area contributed by atoms with E-state index in [1.165, 1.54) is 5.56 Å². The number of carbonyl (C=O) groups excluding carboxylic acids is 1. The molecule has 0 bridgehead atoms. The maximum Gasteiger partial charge on any atom is 0.255 e. The van der Waals surface area contributed by atoms with Gasteiger partial charge in [-0.3, -0.25) is 4.79 Å². The molecule has 3 rings (SSSR count). The monoisotopic (exact) mass is 471 g/mol. The average molecular weight is 472 g/mol. The first-order valence-electron chi connectivity index (χ1n) is 9.69. The largest absolute Gasteiger partial charge is 0.493 e. The summed E-state index contributed by atoms with van der Waals surface area (Å²) in [5.41, 5.74) is 4.46. The fraction of sp³-hybridized carbons (Fsp3) is 0.304. The molecule has 0 spiro atoms. The summed E-state index contributed by atoms with van der Waals surface area (Å²) >= 11 is 3.48. The summed E-state index contributed by atoms with van der Waals surface area (Å²) in [7, 11) is 3.17. The zero-order valence-corrected chi connectivity index (χ0v) is 19.4. The third kappa shape index (κ3) is 4.51. The molecular weight excluding hydrogens is 446 g/mol. The highest BCUT2D eigenvalue weighted by atomic mass is 79.9. The lowest BCUT2D eigenvalue weighted by Gasteiger charge is -2.14. The average Bonchev–Trinajstić information content (AvgIpc) is 3.17. The van der Waals surface area contributed by atoms with Gasteiger partial charge in [0, 0.05) is 6.54 Å². The Morgan fingerprint density at radius 2 is 1.87 bits per heavy atom. The molecule has 6 nitrogen and oxygen atoms in total. The molecule has 0 atom stereocenters. The molecule has 158 valence electrons. The highest BCUT2D eigenvalue weighted by molar-refractivity contribution is 9.10. The number of nitrogens with one attached hydrogen (secondary N) is 1. The number of benzene rings is 2. The topological polar surface area (TPSA) is 65.4 Å². The molecule has 2 aromatic carbocycles. The van der Waals surface area contributed by atoms with E-state index in [2.05, 4.69) is 40.2 Å². The second-order valence-electron chi connectivity index (χ2n) is 7.34. The number of hydrogen-bond acceptors (Lipinski definition) is 4. The number of halogens is 1. The highest BCUT2D eigenvalue weighted by Crippen LogP contribution is 2.36. The van der Waals surface area contributed by atoms with E-state index in [4.69, 9.17) is 9.47 Å². The van der Waals surface area contributed by atoms with Crippen molar-refractivity contribution in [1.29, 1.82) is 0 Å². The van der Waals surface area contributed by atoms with Crippen LogP contribution in [-0.2, 0) is 6.54 Å². The van der Waals surface area contributed by atoms with E-state index in [0.717, 1.165) is 21.4 Å². The van der Waals surface area contributed by atoms with Crippen LogP contribution in [0.1, 0.15) is 46.9 Å². The van der Waals surface area contributed by atoms with Gasteiger partial charge < -0.3 is 14.8 Å². The highest BCUT2D eigenvalue weighted by Gasteiger charge is 2.21. The van der Waals surface area contributed by atoms with Gasteiger partial charge in [0.25, 0.3) is 5.91 Å². The zero-order chi connectivity index (χ0) is 21.8. The van der Waals surface area contributed by atoms with Crippen LogP contribution in [0, 0.1) is 6.92 Å². The van der Waals surface area contributed by atoms with Crippen LogP contribution in [0.4, 0.5) is 0 Å². The quantitative estimate of drug-likeness (QED) is 0.525. The first kappa shape index (κ1) is 21.9. The van der Waals surface area contributed by atoms with Crippen LogP contribution in [0.2, 0.25) is 0 Å². The Bertz CT molecular complexity index is 1040. The van der Waals surface area contributed by atoms with Crippen molar-refractivity contribution >= 4 is 21.8 Å². The predicted molar refractivity (Wildman–Crippen MR) is 121 cm³/mol. The maximum atomic E-state index is 13.0. The molecule has 1 heterocycles. The summed E-state index contributed by atoms with van der Waals surface area (Å²) < 4.78 is 13.3. The van der Waals surface area contributed by atoms with Crippen LogP contribution in [0.5, 0.6) is 11.5 Å². The van der Waals surface area contributed by atoms with Crippen LogP contribution in [0.25, 0.3) is 5.69 Å². The zero-order valence-electron chi connectivity index (χ0n) is 17.8. The maximum absolute atomic E-state index is 13.0. The standard InChI is InChI=1S/C23H26BrN3O3/c1-14(2)21-18(13-26-27(21)17-8-6-15(3)7-9-17)23(28)25-12-16-10-19(24)22(30-5)20(11-16)29-4/h6-11,13-14H,12H2,1-5H3,(H,25,28). The molecule has 0 saturated carbocycles. The predicted octanol–water partition coefficient (Wildman–Crippen LogP) is 5.01. The Morgan fingerprint density at radius 1 is 1.17 bits per heavy atom. The van der Waals surface area contributed by atoms with Crippen molar-refractivity contribution in [2.45, 2.75) is 33.2 Å². The molecule has 0 radical (unpaired) electrons. The van der Waals surface area contributed by atoms with Gasteiger partial charge in [-0.2, -0.15) is 5.10 Å². The fourth-order valence-electron chi connectivity index (χ4n) is 3.33. The van der Waals surface area contributed by atoms with Crippen molar-refractivity contribution < 1.29 is 14.3 Å². The number of rotatable bonds is 7. The van der Waals surface area contributed by atoms with Gasteiger partial charge in [0.15, 0.2) is 11.5 Å². The Labute approximate surface area is 185 Å². The summed E-state index contributed by atoms with van der Waals surface area (Å²) in [4.78, 5) is 13.0. The Hall–Kier alpha value is -2.80. The number of hydrogen-bond donors (Lipinski definition) is 1. The summed E-state index contributed by atoms with van der Waals surface area (Å²) in [6.07, 6.45) is 1.63. The van der Waals surface area contributed by atoms with Crippen molar-refractivity contribution in [2.24, 2.45) is 0 Å². The first-order chi connectivity index (χ1) is 14.3. The van der Waals surface area contributed by atoms with Crippen molar-refractivity contribution in [3.63, 3.8) is 0 Å². The van der Waals surface area contributed by atoms with E-state index in [-0.39, 0.29) is 11.8 Å². The molecule has 0 aliphatic carbocycles. The smallest absolute Gasteiger partial charge is 0.255 e. The lowest BCUT2D eigenvalue weighted by Crippen LogP contribution is -2.24. The number of nitrogens with zero attached hydrogens (tertiary/aromatic N) is 2. The van der Waals surface area contributed by atoms with Gasteiger partial charge in [0.05, 0.1) is 41.8 Å². The van der Waals surface area contributed by atoms with E-state index in [1.807, 2.05) is 48.0 Å². The van der Waals surface area contributed by atoms with Gasteiger partial charge in [0.1, 0.15) is 0 Å². The van der Waals surface area contributed by atoms with E-state index >= 15 is 0 Å². The van der Waals surface area contributed by atoms with E-state index in [1.54, 1.807) is 20.4 Å². The molecule has 0 aliphatic rings. The van der Waals surface area contributed by atoms with E-state index in [0.29, 0.717) is 23.6 Å². The van der Waals surface area contributed by atoms with Crippen LogP contribution in [0.3, 0.4) is 0 Å². The normalized spacial score (nSPS) is 10.9. The molecule has 0 saturated heterocycles. The first-order valence-corrected chi connectivity index (χ1v) is 10.5. The number of methoxy groups -OCH3 is 2. The van der Waals surface area contributed by atoms with Crippen molar-refractivity contribution in [2.75, 3.05) is 14.2 Å². The Morgan fingerprint density at radius 3 is 2.47 bits per heavy atom. The second-order valence-corrected chi connectivity index (χ2v) is 8.20. The van der Waals surface area contributed by atoms with Crippen molar-refractivity contribution in [1.82, 2.24) is 15.1 Å². The molecule has 1 N–H and O–H groups in total. The summed E-state index contributed by atoms with van der Waals surface area (Å²) in [5, 5.41) is 7.48. The van der Waals surface area contributed by atoms with Crippen molar-refractivity contribution in [3.8, 4) is 17.2 Å². The second kappa shape index (κ2) is 9.34. The van der Waals surface area contributed by atoms with Gasteiger partial charge in [-0.15, -0.1) is 0 Å². The number of ether oxygens (including phenoxy) is 2. The molecule has 3 aromatic rings. The van der Waals surface area contributed by atoms with Gasteiger partial charge in [-0.25, -0.2) is 4.68 Å². The van der Waals surface area contributed by atoms with Gasteiger partial charge in [-0.1, -0.05) is 31.5 Å². The third-order valence-corrected chi connectivity index (χ3v) is 5.41. The fourth-order valence-corrected chi connectivity index (χ4v) is 3.98. The lowest BCUT2D eigenvalue weighted by molar-refractivity contribution is 0.0949. The Kier molecular flexibility index (Phi) is 6.82. The SMILES string of the molecule is COc1cc(CNC(=O)c2cnn(-c3ccc(C)cc3)c2C(C)C)cc(Br)c1OC. The van der Waals surface area contributed by atoms with E-state index in [9.17, 15) is 4.79 Å². The van der Waals surface area contributed by atoms with Gasteiger partial charge in [-0.05, 0) is 58.6 Å². The van der Waals surface area contributed by atoms with Crippen LogP contribution in [0.15, 0.2) is 47.1 Å². The minimum absolute atomic E-state index is 0.129. The molecule has 1 aromatic heterocycles. The van der Waals surface area contributed by atoms with Crippen LogP contribution in [-0.4, -0.2) is 29.9 Å². The summed E-state index contributed by atoms with van der Waals surface area (Å²) in [6, 6.07) is 11.9. The third-order valence-electron chi connectivity index (χ3n) is 4.82. The number of amides is 1. The molecule has 30 heavy (non-hydrogen) atoms. The molecule has 7 heteroatoms. The number of aryl methyl sites for hydroxylation is 1. The number of carbonyl (C=O) groups is 1. The Balaban J connectivity index is 1.84. The van der Waals surface area contributed by atoms with E-state index < -0.39 is 0 Å². The van der Waals surface area contributed by atoms with Crippen molar-refractivity contribution in [3.05, 3.63) is 69.5 Å². The molecular formula is C23H26BrN3O3. The summed E-state index contributed by atoms with van der Waals surface area (Å²) in [5.74, 6) is 1.19. The molecule has 0 fully saturated rings. The van der Waals surface area contributed by atoms with Crippen LogP contribution >= 0.6 is 15.9 Å². The lowest BCUT2D eigenvalue weighted by atomic mass is 10.0. The molecule has 0 unspecified atom stereocenters. The van der Waals surface area contributed by atoms with Gasteiger partial charge in [0.2, 0.25) is 0 Å². The minimum atomic E-state index is -0.164. The minimum Gasteiger partial charge on any atom is -0.493 e.